The van der Waals surface area contributed by atoms with Gasteiger partial charge in [0, 0.05) is 25.6 Å². The van der Waals surface area contributed by atoms with Crippen molar-refractivity contribution in [3.05, 3.63) is 24.5 Å². The van der Waals surface area contributed by atoms with Crippen LogP contribution in [0.3, 0.4) is 0 Å². The molecule has 7 nitrogen and oxygen atoms in total. The largest absolute Gasteiger partial charge is 0.417 e. The van der Waals surface area contributed by atoms with Crippen molar-refractivity contribution in [3.63, 3.8) is 0 Å². The Balaban J connectivity index is 2.14. The number of nitrogens with one attached hydrogen (secondary N) is 1. The van der Waals surface area contributed by atoms with Crippen LogP contribution in [0.5, 0.6) is 0 Å². The molecule has 38 heavy (non-hydrogen) atoms. The smallest absolute Gasteiger partial charge is 0.409 e. The highest BCUT2D eigenvalue weighted by molar-refractivity contribution is 5.67. The molecule has 0 aliphatic rings. The highest BCUT2D eigenvalue weighted by Gasteiger charge is 2.23. The van der Waals surface area contributed by atoms with Gasteiger partial charge in [-0.15, -0.1) is 0 Å². The molecule has 0 saturated heterocycles. The Labute approximate surface area is 233 Å². The molecular weight excluding hydrogens is 478 g/mol. The fourth-order valence-electron chi connectivity index (χ4n) is 4.54. The van der Waals surface area contributed by atoms with Gasteiger partial charge in [0.2, 0.25) is 6.29 Å². The Morgan fingerprint density at radius 3 is 2.05 bits per heavy atom. The van der Waals surface area contributed by atoms with E-state index in [4.69, 9.17) is 14.2 Å². The van der Waals surface area contributed by atoms with Crippen LogP contribution < -0.4 is 10.00 Å². The predicted molar refractivity (Wildman–Crippen MR) is 154 cm³/mol. The molecule has 0 aliphatic carbocycles. The highest BCUT2D eigenvalue weighted by Crippen LogP contribution is 2.14. The zero-order chi connectivity index (χ0) is 27.7. The number of alkyl carbamates (subject to hydrolysis) is 1. The van der Waals surface area contributed by atoms with Crippen LogP contribution in [0.2, 0.25) is 0 Å². The minimum absolute atomic E-state index is 0.129. The lowest BCUT2D eigenvalue weighted by molar-refractivity contribution is -0.754. The molecule has 1 amide bonds. The first-order chi connectivity index (χ1) is 18.6. The number of hydrogen-bond acceptors (Lipinski definition) is 5. The van der Waals surface area contributed by atoms with E-state index in [-0.39, 0.29) is 12.1 Å². The van der Waals surface area contributed by atoms with Crippen molar-refractivity contribution in [1.82, 2.24) is 10.4 Å². The maximum absolute atomic E-state index is 12.6. The van der Waals surface area contributed by atoms with Gasteiger partial charge in [-0.2, -0.15) is 0 Å². The average molecular weight is 537 g/mol. The van der Waals surface area contributed by atoms with E-state index < -0.39 is 12.4 Å². The van der Waals surface area contributed by atoms with Crippen molar-refractivity contribution >= 4 is 6.09 Å². The van der Waals surface area contributed by atoms with Crippen LogP contribution >= 0.6 is 0 Å². The second-order valence-electron chi connectivity index (χ2n) is 10.5. The summed E-state index contributed by atoms with van der Waals surface area (Å²) in [5, 5.41) is 7.30. The van der Waals surface area contributed by atoms with Gasteiger partial charge in [0.25, 0.3) is 0 Å². The van der Waals surface area contributed by atoms with Crippen LogP contribution in [-0.2, 0) is 20.8 Å². The molecule has 0 bridgehead atoms. The number of aromatic nitrogens is 2. The van der Waals surface area contributed by atoms with Crippen molar-refractivity contribution in [1.29, 1.82) is 0 Å². The second-order valence-corrected chi connectivity index (χ2v) is 10.5. The predicted octanol–water partition coefficient (Wildman–Crippen LogP) is 7.51. The molecule has 0 aromatic carbocycles. The van der Waals surface area contributed by atoms with Crippen LogP contribution in [-0.4, -0.2) is 43.3 Å². The Bertz CT molecular complexity index is 662. The van der Waals surface area contributed by atoms with Crippen LogP contribution in [0.1, 0.15) is 130 Å². The van der Waals surface area contributed by atoms with E-state index in [1.165, 1.54) is 77.0 Å². The fraction of sp³-hybridized carbons (Fsp3) is 0.839. The average Bonchev–Trinajstić information content (AvgIpc) is 2.94. The summed E-state index contributed by atoms with van der Waals surface area (Å²) < 4.78 is 18.8. The van der Waals surface area contributed by atoms with Crippen molar-refractivity contribution in [2.45, 2.75) is 155 Å². The first-order valence-corrected chi connectivity index (χ1v) is 15.5. The van der Waals surface area contributed by atoms with Gasteiger partial charge in [0.05, 0.1) is 12.8 Å². The summed E-state index contributed by atoms with van der Waals surface area (Å²) >= 11 is 0. The lowest BCUT2D eigenvalue weighted by Gasteiger charge is -2.25. The number of methoxy groups -OCH3 is 1. The van der Waals surface area contributed by atoms with Crippen LogP contribution in [0.4, 0.5) is 4.79 Å². The molecule has 3 atom stereocenters. The summed E-state index contributed by atoms with van der Waals surface area (Å²) in [4.78, 5) is 12.6. The summed E-state index contributed by atoms with van der Waals surface area (Å²) in [7, 11) is 1.60. The van der Waals surface area contributed by atoms with Gasteiger partial charge >= 0.3 is 6.09 Å². The lowest BCUT2D eigenvalue weighted by Crippen LogP contribution is -2.41. The van der Waals surface area contributed by atoms with E-state index in [0.717, 1.165) is 38.6 Å². The minimum Gasteiger partial charge on any atom is -0.417 e. The quantitative estimate of drug-likeness (QED) is 0.0795. The zero-order valence-corrected chi connectivity index (χ0v) is 25.0. The van der Waals surface area contributed by atoms with Gasteiger partial charge in [0.15, 0.2) is 12.7 Å². The van der Waals surface area contributed by atoms with Crippen LogP contribution in [0.25, 0.3) is 0 Å². The lowest BCUT2D eigenvalue weighted by atomic mass is 10.0. The molecule has 220 valence electrons. The molecule has 0 fully saturated rings. The number of nitrogens with zero attached hydrogens (tertiary/aromatic N) is 2. The monoisotopic (exact) mass is 536 g/mol. The van der Waals surface area contributed by atoms with E-state index in [2.05, 4.69) is 24.3 Å². The third kappa shape index (κ3) is 18.5. The number of carbonyl (C=O) groups excluding carboxylic acids is 1. The van der Waals surface area contributed by atoms with Gasteiger partial charge < -0.3 is 19.5 Å². The molecule has 1 aromatic rings. The van der Waals surface area contributed by atoms with Gasteiger partial charge in [-0.3, -0.25) is 0 Å². The van der Waals surface area contributed by atoms with E-state index in [1.54, 1.807) is 13.3 Å². The molecule has 0 saturated carbocycles. The summed E-state index contributed by atoms with van der Waals surface area (Å²) in [5.41, 5.74) is 0. The first kappa shape index (κ1) is 34.3. The van der Waals surface area contributed by atoms with Gasteiger partial charge in [-0.1, -0.05) is 102 Å². The van der Waals surface area contributed by atoms with Gasteiger partial charge in [0.1, 0.15) is 6.10 Å². The molecule has 0 spiro atoms. The zero-order valence-electron chi connectivity index (χ0n) is 25.0. The maximum Gasteiger partial charge on any atom is 0.409 e. The standard InChI is InChI=1S/C31H57N3O4/c1-5-7-8-9-10-11-12-13-14-15-16-17-18-23-29(6-2)33-31(35)38-30(28(3)36-4)37-27-22-21-26-34-25-20-19-24-32-34/h19-20,24-25,28-30H,5-18,21-23,26-27H2,1-4H3/p+1. The van der Waals surface area contributed by atoms with Crippen molar-refractivity contribution < 1.29 is 23.7 Å². The SMILES string of the molecule is CCCCCCCCCCCCCCCC(CC)NC(=O)OC(OCCCC[n+]1ccccn1)C(C)OC. The maximum atomic E-state index is 12.6. The molecule has 1 aromatic heterocycles. The normalized spacial score (nSPS) is 13.7. The van der Waals surface area contributed by atoms with Crippen LogP contribution in [0.15, 0.2) is 24.5 Å². The summed E-state index contributed by atoms with van der Waals surface area (Å²) in [6.45, 7) is 7.56. The van der Waals surface area contributed by atoms with E-state index >= 15 is 0 Å². The third-order valence-corrected chi connectivity index (χ3v) is 7.18. The Morgan fingerprint density at radius 2 is 1.50 bits per heavy atom. The molecule has 0 radical (unpaired) electrons. The number of hydrogen-bond donors (Lipinski definition) is 1. The number of unbranched alkanes of at least 4 members (excludes halogenated alkanes) is 13. The number of rotatable bonds is 25. The molecule has 1 N–H and O–H groups in total. The number of ether oxygens (including phenoxy) is 3. The summed E-state index contributed by atoms with van der Waals surface area (Å²) in [6, 6.07) is 4.00. The Morgan fingerprint density at radius 1 is 0.868 bits per heavy atom. The van der Waals surface area contributed by atoms with Gasteiger partial charge in [-0.05, 0) is 37.4 Å². The molecule has 0 aliphatic heterocycles. The Hall–Kier alpha value is -1.73. The molecular formula is C31H58N3O4+. The molecule has 1 rings (SSSR count). The number of aryl methyl sites for hydroxylation is 1. The molecule has 7 heteroatoms. The topological polar surface area (TPSA) is 73.6 Å². The second kappa shape index (κ2) is 24.3. The first-order valence-electron chi connectivity index (χ1n) is 15.5. The van der Waals surface area contributed by atoms with Crippen molar-refractivity contribution in [2.24, 2.45) is 0 Å². The highest BCUT2D eigenvalue weighted by atomic mass is 16.7. The van der Waals surface area contributed by atoms with Crippen molar-refractivity contribution in [3.8, 4) is 0 Å². The number of carbonyl (C=O) groups is 1. The van der Waals surface area contributed by atoms with Crippen LogP contribution in [0, 0.1) is 0 Å². The summed E-state index contributed by atoms with van der Waals surface area (Å²) in [5.74, 6) is 0. The molecule has 3 unspecified atom stereocenters. The minimum atomic E-state index is -0.726. The van der Waals surface area contributed by atoms with Gasteiger partial charge in [-0.25, -0.2) is 4.79 Å². The third-order valence-electron chi connectivity index (χ3n) is 7.18. The number of amides is 1. The molecule has 1 heterocycles. The van der Waals surface area contributed by atoms with Crippen molar-refractivity contribution in [2.75, 3.05) is 13.7 Å². The summed E-state index contributed by atoms with van der Waals surface area (Å²) in [6.07, 6.45) is 23.4. The Kier molecular flexibility index (Phi) is 22.0. The van der Waals surface area contributed by atoms with E-state index in [0.29, 0.717) is 6.61 Å². The fourth-order valence-corrected chi connectivity index (χ4v) is 4.54. The van der Waals surface area contributed by atoms with E-state index in [1.807, 2.05) is 29.9 Å². The van der Waals surface area contributed by atoms with E-state index in [9.17, 15) is 4.79 Å².